The quantitative estimate of drug-likeness (QED) is 0.693. The maximum absolute atomic E-state index is 5.97. The number of imidazole rings is 1. The maximum Gasteiger partial charge on any atom is 0.212 e. The van der Waals surface area contributed by atoms with Crippen LogP contribution < -0.4 is 4.74 Å². The predicted octanol–water partition coefficient (Wildman–Crippen LogP) is 2.62. The largest absolute Gasteiger partial charge is 0.481 e. The number of nitrogens with zero attached hydrogens (tertiary/aromatic N) is 4. The molecule has 0 aliphatic carbocycles. The van der Waals surface area contributed by atoms with E-state index in [2.05, 4.69) is 15.0 Å². The fourth-order valence-electron chi connectivity index (χ4n) is 2.08. The lowest BCUT2D eigenvalue weighted by atomic mass is 10.3. The molecule has 0 amide bonds. The van der Waals surface area contributed by atoms with E-state index in [1.54, 1.807) is 19.5 Å². The number of halogens is 1. The number of aromatic nitrogens is 4. The first-order valence-electron chi connectivity index (χ1n) is 6.17. The summed E-state index contributed by atoms with van der Waals surface area (Å²) in [4.78, 5) is 13.1. The molecule has 6 heteroatoms. The molecule has 0 radical (unpaired) electrons. The molecule has 0 aliphatic rings. The van der Waals surface area contributed by atoms with Crippen LogP contribution in [0.5, 0.6) is 5.88 Å². The van der Waals surface area contributed by atoms with Crippen molar-refractivity contribution in [3.63, 3.8) is 0 Å². The van der Waals surface area contributed by atoms with Crippen molar-refractivity contribution in [2.45, 2.75) is 12.4 Å². The Bertz CT molecular complexity index is 724. The van der Waals surface area contributed by atoms with Gasteiger partial charge in [-0.2, -0.15) is 0 Å². The molecule has 0 unspecified atom stereocenters. The molecule has 0 saturated carbocycles. The van der Waals surface area contributed by atoms with E-state index >= 15 is 0 Å². The standard InChI is InChI=1S/C14H13ClN4O/c1-20-13-5-4-10(8-17-13)9-19-12(7-15)18-11-3-2-6-16-14(11)19/h2-6,8H,7,9H2,1H3. The first-order chi connectivity index (χ1) is 9.81. The Balaban J connectivity index is 2.00. The van der Waals surface area contributed by atoms with Gasteiger partial charge in [-0.1, -0.05) is 6.07 Å². The van der Waals surface area contributed by atoms with E-state index in [-0.39, 0.29) is 0 Å². The third-order valence-electron chi connectivity index (χ3n) is 3.05. The minimum absolute atomic E-state index is 0.347. The summed E-state index contributed by atoms with van der Waals surface area (Å²) in [6.45, 7) is 0.632. The van der Waals surface area contributed by atoms with Crippen LogP contribution in [0.15, 0.2) is 36.7 Å². The normalized spacial score (nSPS) is 10.9. The Hall–Kier alpha value is -2.14. The van der Waals surface area contributed by atoms with E-state index in [1.165, 1.54) is 0 Å². The van der Waals surface area contributed by atoms with Gasteiger partial charge in [0, 0.05) is 18.5 Å². The van der Waals surface area contributed by atoms with Crippen LogP contribution in [-0.2, 0) is 12.4 Å². The molecule has 5 nitrogen and oxygen atoms in total. The second-order valence-corrected chi connectivity index (χ2v) is 4.57. The molecule has 0 fully saturated rings. The van der Waals surface area contributed by atoms with Gasteiger partial charge in [-0.25, -0.2) is 15.0 Å². The highest BCUT2D eigenvalue weighted by atomic mass is 35.5. The summed E-state index contributed by atoms with van der Waals surface area (Å²) in [6, 6.07) is 7.61. The first-order valence-corrected chi connectivity index (χ1v) is 6.70. The van der Waals surface area contributed by atoms with Crippen LogP contribution in [0.25, 0.3) is 11.2 Å². The fourth-order valence-corrected chi connectivity index (χ4v) is 2.29. The van der Waals surface area contributed by atoms with Gasteiger partial charge in [0.2, 0.25) is 5.88 Å². The summed E-state index contributed by atoms with van der Waals surface area (Å²) in [5.74, 6) is 1.75. The lowest BCUT2D eigenvalue weighted by molar-refractivity contribution is 0.397. The number of alkyl halides is 1. The van der Waals surface area contributed by atoms with Gasteiger partial charge in [-0.3, -0.25) is 0 Å². The molecule has 3 rings (SSSR count). The number of pyridine rings is 2. The summed E-state index contributed by atoms with van der Waals surface area (Å²) >= 11 is 5.97. The van der Waals surface area contributed by atoms with Crippen LogP contribution in [-0.4, -0.2) is 26.6 Å². The van der Waals surface area contributed by atoms with Crippen molar-refractivity contribution in [1.29, 1.82) is 0 Å². The number of hydrogen-bond acceptors (Lipinski definition) is 4. The number of fused-ring (bicyclic) bond motifs is 1. The summed E-state index contributed by atoms with van der Waals surface area (Å²) < 4.78 is 7.06. The molecular weight excluding hydrogens is 276 g/mol. The average Bonchev–Trinajstić information content (AvgIpc) is 2.86. The molecular formula is C14H13ClN4O. The average molecular weight is 289 g/mol. The van der Waals surface area contributed by atoms with Crippen molar-refractivity contribution >= 4 is 22.8 Å². The number of rotatable bonds is 4. The van der Waals surface area contributed by atoms with Crippen LogP contribution in [0, 0.1) is 0 Å². The molecule has 0 saturated heterocycles. The summed E-state index contributed by atoms with van der Waals surface area (Å²) in [6.07, 6.45) is 3.54. The topological polar surface area (TPSA) is 52.8 Å². The maximum atomic E-state index is 5.97. The molecule has 3 aromatic heterocycles. The molecule has 0 aliphatic heterocycles. The van der Waals surface area contributed by atoms with Crippen LogP contribution in [0.1, 0.15) is 11.4 Å². The number of hydrogen-bond donors (Lipinski definition) is 0. The molecule has 0 aromatic carbocycles. The zero-order chi connectivity index (χ0) is 13.9. The van der Waals surface area contributed by atoms with Gasteiger partial charge in [0.05, 0.1) is 19.5 Å². The summed E-state index contributed by atoms with van der Waals surface area (Å²) in [5.41, 5.74) is 2.73. The zero-order valence-electron chi connectivity index (χ0n) is 11.0. The van der Waals surface area contributed by atoms with Crippen LogP contribution >= 0.6 is 11.6 Å². The minimum Gasteiger partial charge on any atom is -0.481 e. The smallest absolute Gasteiger partial charge is 0.212 e. The van der Waals surface area contributed by atoms with E-state index in [9.17, 15) is 0 Å². The Kier molecular flexibility index (Phi) is 3.52. The third-order valence-corrected chi connectivity index (χ3v) is 3.29. The molecule has 102 valence electrons. The van der Waals surface area contributed by atoms with Gasteiger partial charge >= 0.3 is 0 Å². The van der Waals surface area contributed by atoms with Crippen LogP contribution in [0.3, 0.4) is 0 Å². The summed E-state index contributed by atoms with van der Waals surface area (Å²) in [7, 11) is 1.60. The van der Waals surface area contributed by atoms with E-state index in [1.807, 2.05) is 28.8 Å². The second-order valence-electron chi connectivity index (χ2n) is 4.30. The van der Waals surface area contributed by atoms with Crippen molar-refractivity contribution in [2.24, 2.45) is 0 Å². The molecule has 0 spiro atoms. The van der Waals surface area contributed by atoms with Crippen molar-refractivity contribution in [1.82, 2.24) is 19.5 Å². The van der Waals surface area contributed by atoms with Gasteiger partial charge in [-0.15, -0.1) is 11.6 Å². The minimum atomic E-state index is 0.347. The van der Waals surface area contributed by atoms with Crippen LogP contribution in [0.4, 0.5) is 0 Å². The fraction of sp³-hybridized carbons (Fsp3) is 0.214. The molecule has 0 N–H and O–H groups in total. The van der Waals surface area contributed by atoms with Gasteiger partial charge in [-0.05, 0) is 17.7 Å². The van der Waals surface area contributed by atoms with Gasteiger partial charge in [0.1, 0.15) is 11.3 Å². The molecule has 0 bridgehead atoms. The summed E-state index contributed by atoms with van der Waals surface area (Å²) in [5, 5.41) is 0. The lowest BCUT2D eigenvalue weighted by Crippen LogP contribution is -2.05. The van der Waals surface area contributed by atoms with Crippen molar-refractivity contribution in [2.75, 3.05) is 7.11 Å². The number of methoxy groups -OCH3 is 1. The molecule has 20 heavy (non-hydrogen) atoms. The molecule has 3 heterocycles. The molecule has 3 aromatic rings. The van der Waals surface area contributed by atoms with E-state index in [0.29, 0.717) is 18.3 Å². The van der Waals surface area contributed by atoms with Gasteiger partial charge in [0.25, 0.3) is 0 Å². The monoisotopic (exact) mass is 288 g/mol. The SMILES string of the molecule is COc1ccc(Cn2c(CCl)nc3cccnc32)cn1. The Morgan fingerprint density at radius 1 is 1.25 bits per heavy atom. The lowest BCUT2D eigenvalue weighted by Gasteiger charge is -2.07. The second kappa shape index (κ2) is 5.46. The third kappa shape index (κ3) is 2.32. The first kappa shape index (κ1) is 12.9. The molecule has 0 atom stereocenters. The Morgan fingerprint density at radius 2 is 2.15 bits per heavy atom. The zero-order valence-corrected chi connectivity index (χ0v) is 11.7. The van der Waals surface area contributed by atoms with Crippen LogP contribution in [0.2, 0.25) is 0 Å². The Morgan fingerprint density at radius 3 is 2.85 bits per heavy atom. The highest BCUT2D eigenvalue weighted by molar-refractivity contribution is 6.16. The highest BCUT2D eigenvalue weighted by Gasteiger charge is 2.11. The van der Waals surface area contributed by atoms with Crippen molar-refractivity contribution in [3.05, 3.63) is 48.0 Å². The van der Waals surface area contributed by atoms with Gasteiger partial charge < -0.3 is 9.30 Å². The predicted molar refractivity (Wildman–Crippen MR) is 77.0 cm³/mol. The van der Waals surface area contributed by atoms with E-state index in [4.69, 9.17) is 16.3 Å². The van der Waals surface area contributed by atoms with Gasteiger partial charge in [0.15, 0.2) is 5.65 Å². The van der Waals surface area contributed by atoms with E-state index in [0.717, 1.165) is 22.6 Å². The number of ether oxygens (including phenoxy) is 1. The van der Waals surface area contributed by atoms with Crippen molar-refractivity contribution in [3.8, 4) is 5.88 Å². The highest BCUT2D eigenvalue weighted by Crippen LogP contribution is 2.17. The van der Waals surface area contributed by atoms with Crippen molar-refractivity contribution < 1.29 is 4.74 Å². The Labute approximate surface area is 121 Å². The van der Waals surface area contributed by atoms with E-state index < -0.39 is 0 Å².